The molecule has 1 amide bonds. The first-order valence-corrected chi connectivity index (χ1v) is 7.83. The highest BCUT2D eigenvalue weighted by atomic mass is 35.5. The molecule has 0 spiro atoms. The predicted molar refractivity (Wildman–Crippen MR) is 89.1 cm³/mol. The van der Waals surface area contributed by atoms with Crippen LogP contribution in [-0.4, -0.2) is 12.0 Å². The molecule has 0 aliphatic rings. The maximum absolute atomic E-state index is 13.6. The van der Waals surface area contributed by atoms with Gasteiger partial charge in [-0.25, -0.2) is 4.39 Å². The number of aryl methyl sites for hydroxylation is 1. The maximum Gasteiger partial charge on any atom is 0.261 e. The van der Waals surface area contributed by atoms with Crippen LogP contribution in [0.15, 0.2) is 42.5 Å². The molecule has 0 aliphatic carbocycles. The lowest BCUT2D eigenvalue weighted by Gasteiger charge is -2.18. The molecule has 3 nitrogen and oxygen atoms in total. The largest absolute Gasteiger partial charge is 0.481 e. The average Bonchev–Trinajstić information content (AvgIpc) is 2.54. The second-order valence-electron chi connectivity index (χ2n) is 5.23. The highest BCUT2D eigenvalue weighted by Crippen LogP contribution is 2.22. The van der Waals surface area contributed by atoms with E-state index in [2.05, 4.69) is 5.32 Å². The number of hydrogen-bond acceptors (Lipinski definition) is 2. The summed E-state index contributed by atoms with van der Waals surface area (Å²) in [5.41, 5.74) is 1.32. The number of benzene rings is 2. The lowest BCUT2D eigenvalue weighted by Crippen LogP contribution is -2.37. The molecular weight excluding hydrogens is 317 g/mol. The molecule has 5 heteroatoms. The van der Waals surface area contributed by atoms with Gasteiger partial charge in [-0.2, -0.15) is 0 Å². The fourth-order valence-corrected chi connectivity index (χ4v) is 2.23. The Kier molecular flexibility index (Phi) is 5.99. The molecule has 1 N–H and O–H groups in total. The number of amides is 1. The summed E-state index contributed by atoms with van der Waals surface area (Å²) in [5, 5.41) is 3.35. The van der Waals surface area contributed by atoms with Crippen molar-refractivity contribution in [3.05, 3.63) is 64.4 Å². The number of carbonyl (C=O) groups excluding carboxylic acids is 1. The third-order valence-electron chi connectivity index (χ3n) is 3.48. The molecule has 0 aliphatic heterocycles. The van der Waals surface area contributed by atoms with Gasteiger partial charge in [-0.1, -0.05) is 36.7 Å². The van der Waals surface area contributed by atoms with Crippen LogP contribution in [0.3, 0.4) is 0 Å². The molecule has 0 saturated carbocycles. The van der Waals surface area contributed by atoms with Crippen molar-refractivity contribution in [2.45, 2.75) is 32.9 Å². The first-order valence-electron chi connectivity index (χ1n) is 7.45. The van der Waals surface area contributed by atoms with Crippen molar-refractivity contribution in [3.63, 3.8) is 0 Å². The molecule has 0 aromatic heterocycles. The van der Waals surface area contributed by atoms with Gasteiger partial charge in [-0.3, -0.25) is 4.79 Å². The van der Waals surface area contributed by atoms with Crippen LogP contribution >= 0.6 is 11.6 Å². The molecule has 1 unspecified atom stereocenters. The van der Waals surface area contributed by atoms with Crippen molar-refractivity contribution in [1.82, 2.24) is 5.32 Å². The standard InChI is InChI=1S/C18H19ClFNO2/c1-3-17(23-14-8-9-15(19)12(2)10-14)18(22)21-11-13-6-4-5-7-16(13)20/h4-10,17H,3,11H2,1-2H3,(H,21,22). The summed E-state index contributed by atoms with van der Waals surface area (Å²) < 4.78 is 19.3. The summed E-state index contributed by atoms with van der Waals surface area (Å²) in [5.74, 6) is -0.0294. The second kappa shape index (κ2) is 7.97. The number of hydrogen-bond donors (Lipinski definition) is 1. The molecule has 0 bridgehead atoms. The van der Waals surface area contributed by atoms with Gasteiger partial charge in [0.25, 0.3) is 5.91 Å². The third-order valence-corrected chi connectivity index (χ3v) is 3.91. The summed E-state index contributed by atoms with van der Waals surface area (Å²) >= 11 is 5.98. The van der Waals surface area contributed by atoms with Crippen LogP contribution in [0, 0.1) is 12.7 Å². The summed E-state index contributed by atoms with van der Waals surface area (Å²) in [7, 11) is 0. The Labute approximate surface area is 140 Å². The van der Waals surface area contributed by atoms with E-state index in [0.717, 1.165) is 5.56 Å². The van der Waals surface area contributed by atoms with Crippen LogP contribution in [0.5, 0.6) is 5.75 Å². The first-order chi connectivity index (χ1) is 11.0. The lowest BCUT2D eigenvalue weighted by atomic mass is 10.2. The first kappa shape index (κ1) is 17.3. The molecule has 1 atom stereocenters. The zero-order chi connectivity index (χ0) is 16.8. The molecule has 0 fully saturated rings. The van der Waals surface area contributed by atoms with Crippen LogP contribution in [0.2, 0.25) is 5.02 Å². The number of nitrogens with one attached hydrogen (secondary N) is 1. The molecule has 2 aromatic carbocycles. The Hall–Kier alpha value is -2.07. The van der Waals surface area contributed by atoms with E-state index in [1.54, 1.807) is 36.4 Å². The summed E-state index contributed by atoms with van der Waals surface area (Å²) in [4.78, 5) is 12.2. The quantitative estimate of drug-likeness (QED) is 0.856. The molecule has 0 radical (unpaired) electrons. The highest BCUT2D eigenvalue weighted by Gasteiger charge is 2.18. The van der Waals surface area contributed by atoms with E-state index >= 15 is 0 Å². The smallest absolute Gasteiger partial charge is 0.261 e. The highest BCUT2D eigenvalue weighted by molar-refractivity contribution is 6.31. The van der Waals surface area contributed by atoms with Crippen molar-refractivity contribution in [2.24, 2.45) is 0 Å². The van der Waals surface area contributed by atoms with Gasteiger partial charge in [0.1, 0.15) is 11.6 Å². The van der Waals surface area contributed by atoms with E-state index in [9.17, 15) is 9.18 Å². The number of ether oxygens (including phenoxy) is 1. The number of halogens is 2. The van der Waals surface area contributed by atoms with E-state index in [4.69, 9.17) is 16.3 Å². The summed E-state index contributed by atoms with van der Waals surface area (Å²) in [6.45, 7) is 3.86. The molecule has 0 saturated heterocycles. The maximum atomic E-state index is 13.6. The molecule has 2 rings (SSSR count). The Bertz CT molecular complexity index is 690. The summed E-state index contributed by atoms with van der Waals surface area (Å²) in [6.07, 6.45) is -0.132. The Morgan fingerprint density at radius 2 is 2.04 bits per heavy atom. The minimum absolute atomic E-state index is 0.130. The van der Waals surface area contributed by atoms with Gasteiger partial charge in [-0.15, -0.1) is 0 Å². The van der Waals surface area contributed by atoms with Crippen molar-refractivity contribution in [2.75, 3.05) is 0 Å². The van der Waals surface area contributed by atoms with E-state index in [0.29, 0.717) is 22.8 Å². The van der Waals surface area contributed by atoms with Crippen LogP contribution in [0.25, 0.3) is 0 Å². The minimum Gasteiger partial charge on any atom is -0.481 e. The molecule has 2 aromatic rings. The topological polar surface area (TPSA) is 38.3 Å². The van der Waals surface area contributed by atoms with E-state index in [1.807, 2.05) is 13.8 Å². The average molecular weight is 336 g/mol. The predicted octanol–water partition coefficient (Wildman–Crippen LogP) is 4.26. The van der Waals surface area contributed by atoms with Crippen molar-refractivity contribution in [3.8, 4) is 5.75 Å². The van der Waals surface area contributed by atoms with Gasteiger partial charge in [0.15, 0.2) is 6.10 Å². The molecule has 0 heterocycles. The van der Waals surface area contributed by atoms with Gasteiger partial charge < -0.3 is 10.1 Å². The van der Waals surface area contributed by atoms with Gasteiger partial charge in [0, 0.05) is 17.1 Å². The van der Waals surface area contributed by atoms with Crippen LogP contribution in [0.1, 0.15) is 24.5 Å². The second-order valence-corrected chi connectivity index (χ2v) is 5.64. The van der Waals surface area contributed by atoms with E-state index in [1.165, 1.54) is 6.07 Å². The van der Waals surface area contributed by atoms with Gasteiger partial charge in [-0.05, 0) is 43.2 Å². The number of rotatable bonds is 6. The summed E-state index contributed by atoms with van der Waals surface area (Å²) in [6, 6.07) is 11.6. The van der Waals surface area contributed by atoms with E-state index in [-0.39, 0.29) is 18.3 Å². The minimum atomic E-state index is -0.637. The van der Waals surface area contributed by atoms with Gasteiger partial charge in [0.05, 0.1) is 0 Å². The zero-order valence-electron chi connectivity index (χ0n) is 13.1. The SMILES string of the molecule is CCC(Oc1ccc(Cl)c(C)c1)C(=O)NCc1ccccc1F. The molecule has 122 valence electrons. The van der Waals surface area contributed by atoms with Crippen LogP contribution < -0.4 is 10.1 Å². The zero-order valence-corrected chi connectivity index (χ0v) is 13.9. The Morgan fingerprint density at radius 3 is 2.70 bits per heavy atom. The van der Waals surface area contributed by atoms with Gasteiger partial charge >= 0.3 is 0 Å². The monoisotopic (exact) mass is 335 g/mol. The molecule has 23 heavy (non-hydrogen) atoms. The Morgan fingerprint density at radius 1 is 1.30 bits per heavy atom. The third kappa shape index (κ3) is 4.70. The molecular formula is C18H19ClFNO2. The van der Waals surface area contributed by atoms with Crippen molar-refractivity contribution in [1.29, 1.82) is 0 Å². The van der Waals surface area contributed by atoms with Crippen LogP contribution in [-0.2, 0) is 11.3 Å². The fourth-order valence-electron chi connectivity index (χ4n) is 2.11. The lowest BCUT2D eigenvalue weighted by molar-refractivity contribution is -0.128. The fraction of sp³-hybridized carbons (Fsp3) is 0.278. The van der Waals surface area contributed by atoms with Gasteiger partial charge in [0.2, 0.25) is 0 Å². The van der Waals surface area contributed by atoms with Crippen molar-refractivity contribution >= 4 is 17.5 Å². The normalized spacial score (nSPS) is 11.8. The van der Waals surface area contributed by atoms with E-state index < -0.39 is 6.10 Å². The number of carbonyl (C=O) groups is 1. The Balaban J connectivity index is 1.98. The van der Waals surface area contributed by atoms with Crippen LogP contribution in [0.4, 0.5) is 4.39 Å². The van der Waals surface area contributed by atoms with Crippen molar-refractivity contribution < 1.29 is 13.9 Å².